The van der Waals surface area contributed by atoms with Crippen LogP contribution >= 0.6 is 0 Å². The standard InChI is InChI=1S/C21H32N6O.C2H6/c1-6-21(7-2-10-27(21)9-1)14-28-20-24-18-11-22-8-5-17(18)19(25-20)26-12-15-3-4-16(13-26)23-15;1-2/h15-16,22-23H,1-14H2;1-2H3. The average molecular weight is 415 g/mol. The molecule has 2 bridgehead atoms. The summed E-state index contributed by atoms with van der Waals surface area (Å²) in [4.78, 5) is 15.0. The van der Waals surface area contributed by atoms with Crippen LogP contribution in [0.4, 0.5) is 5.82 Å². The van der Waals surface area contributed by atoms with Crippen LogP contribution < -0.4 is 20.3 Å². The Bertz CT molecular complexity index is 733. The number of hydrogen-bond donors (Lipinski definition) is 2. The van der Waals surface area contributed by atoms with Crippen LogP contribution in [-0.2, 0) is 13.0 Å². The van der Waals surface area contributed by atoms with Crippen LogP contribution in [-0.4, -0.2) is 71.8 Å². The Hall–Kier alpha value is -1.44. The first-order valence-electron chi connectivity index (χ1n) is 12.3. The predicted molar refractivity (Wildman–Crippen MR) is 119 cm³/mol. The lowest BCUT2D eigenvalue weighted by Crippen LogP contribution is -2.52. The molecule has 0 radical (unpaired) electrons. The minimum atomic E-state index is 0.242. The molecule has 1 aromatic heterocycles. The molecule has 2 N–H and O–H groups in total. The van der Waals surface area contributed by atoms with Gasteiger partial charge in [-0.1, -0.05) is 13.8 Å². The van der Waals surface area contributed by atoms with Crippen molar-refractivity contribution in [3.05, 3.63) is 11.3 Å². The lowest BCUT2D eigenvalue weighted by Gasteiger charge is -2.36. The normalized spacial score (nSPS) is 29.2. The molecule has 6 heterocycles. The Kier molecular flexibility index (Phi) is 5.86. The lowest BCUT2D eigenvalue weighted by atomic mass is 9.95. The summed E-state index contributed by atoms with van der Waals surface area (Å²) in [7, 11) is 0. The number of nitrogens with one attached hydrogen (secondary N) is 2. The largest absolute Gasteiger partial charge is 0.461 e. The Morgan fingerprint density at radius 3 is 2.53 bits per heavy atom. The third-order valence-corrected chi connectivity index (χ3v) is 7.69. The molecule has 4 fully saturated rings. The van der Waals surface area contributed by atoms with Crippen molar-refractivity contribution in [2.75, 3.05) is 44.2 Å². The van der Waals surface area contributed by atoms with Gasteiger partial charge >= 0.3 is 6.01 Å². The summed E-state index contributed by atoms with van der Waals surface area (Å²) in [6.45, 7) is 11.2. The molecule has 0 saturated carbocycles. The van der Waals surface area contributed by atoms with Crippen molar-refractivity contribution in [1.82, 2.24) is 25.5 Å². The highest BCUT2D eigenvalue weighted by Crippen LogP contribution is 2.39. The molecule has 30 heavy (non-hydrogen) atoms. The van der Waals surface area contributed by atoms with Crippen molar-refractivity contribution in [2.24, 2.45) is 0 Å². The molecule has 0 aromatic carbocycles. The maximum absolute atomic E-state index is 6.33. The zero-order valence-corrected chi connectivity index (χ0v) is 18.8. The van der Waals surface area contributed by atoms with E-state index in [2.05, 4.69) is 20.4 Å². The molecule has 0 aliphatic carbocycles. The number of piperazine rings is 1. The zero-order valence-electron chi connectivity index (χ0n) is 18.8. The molecule has 7 heteroatoms. The fourth-order valence-electron chi connectivity index (χ4n) is 6.27. The SMILES string of the molecule is C1CN2CCCC2(COc2nc3c(c(N4CC5CCC(C4)N5)n2)CCNC3)C1.CC. The van der Waals surface area contributed by atoms with Crippen molar-refractivity contribution >= 4 is 5.82 Å². The second-order valence-electron chi connectivity index (χ2n) is 9.43. The summed E-state index contributed by atoms with van der Waals surface area (Å²) in [5.41, 5.74) is 2.73. The Labute approximate surface area is 181 Å². The fourth-order valence-corrected chi connectivity index (χ4v) is 6.27. The third kappa shape index (κ3) is 3.69. The highest BCUT2D eigenvalue weighted by molar-refractivity contribution is 5.52. The highest BCUT2D eigenvalue weighted by atomic mass is 16.5. The summed E-state index contributed by atoms with van der Waals surface area (Å²) in [6.07, 6.45) is 8.71. The van der Waals surface area contributed by atoms with Gasteiger partial charge in [-0.05, 0) is 64.6 Å². The summed E-state index contributed by atoms with van der Waals surface area (Å²) < 4.78 is 6.33. The molecule has 5 aliphatic heterocycles. The highest BCUT2D eigenvalue weighted by Gasteiger charge is 2.45. The number of aromatic nitrogens is 2. The molecule has 0 amide bonds. The molecule has 1 aromatic rings. The van der Waals surface area contributed by atoms with E-state index in [1.165, 1.54) is 57.2 Å². The van der Waals surface area contributed by atoms with E-state index in [0.717, 1.165) is 50.7 Å². The monoisotopic (exact) mass is 414 g/mol. The number of rotatable bonds is 4. The van der Waals surface area contributed by atoms with Crippen LogP contribution in [0, 0.1) is 0 Å². The first-order chi connectivity index (χ1) is 14.8. The van der Waals surface area contributed by atoms with Crippen LogP contribution in [0.15, 0.2) is 0 Å². The van der Waals surface area contributed by atoms with Crippen LogP contribution in [0.5, 0.6) is 6.01 Å². The van der Waals surface area contributed by atoms with Gasteiger partial charge in [0.1, 0.15) is 12.4 Å². The molecule has 2 unspecified atom stereocenters. The maximum atomic E-state index is 6.33. The van der Waals surface area contributed by atoms with Gasteiger partial charge in [-0.2, -0.15) is 9.97 Å². The van der Waals surface area contributed by atoms with Gasteiger partial charge in [-0.15, -0.1) is 0 Å². The number of anilines is 1. The van der Waals surface area contributed by atoms with Crippen LogP contribution in [0.3, 0.4) is 0 Å². The van der Waals surface area contributed by atoms with Gasteiger partial charge in [0, 0.05) is 37.3 Å². The smallest absolute Gasteiger partial charge is 0.318 e. The summed E-state index contributed by atoms with van der Waals surface area (Å²) in [5, 5.41) is 7.21. The minimum Gasteiger partial charge on any atom is -0.461 e. The Morgan fingerprint density at radius 1 is 1.07 bits per heavy atom. The van der Waals surface area contributed by atoms with Gasteiger partial charge < -0.3 is 20.3 Å². The van der Waals surface area contributed by atoms with E-state index in [1.807, 2.05) is 13.8 Å². The minimum absolute atomic E-state index is 0.242. The fraction of sp³-hybridized carbons (Fsp3) is 0.826. The molecule has 166 valence electrons. The first kappa shape index (κ1) is 20.5. The number of fused-ring (bicyclic) bond motifs is 4. The van der Waals surface area contributed by atoms with E-state index in [0.29, 0.717) is 18.1 Å². The quantitative estimate of drug-likeness (QED) is 0.782. The third-order valence-electron chi connectivity index (χ3n) is 7.69. The zero-order chi connectivity index (χ0) is 20.6. The van der Waals surface area contributed by atoms with Crippen molar-refractivity contribution < 1.29 is 4.74 Å². The molecule has 4 saturated heterocycles. The number of nitrogens with zero attached hydrogens (tertiary/aromatic N) is 4. The summed E-state index contributed by atoms with van der Waals surface area (Å²) in [6, 6.07) is 1.82. The van der Waals surface area contributed by atoms with Crippen molar-refractivity contribution in [3.8, 4) is 6.01 Å². The van der Waals surface area contributed by atoms with E-state index in [4.69, 9.17) is 14.7 Å². The lowest BCUT2D eigenvalue weighted by molar-refractivity contribution is 0.107. The molecule has 0 spiro atoms. The van der Waals surface area contributed by atoms with Crippen LogP contribution in [0.1, 0.15) is 63.6 Å². The van der Waals surface area contributed by atoms with Gasteiger partial charge in [0.15, 0.2) is 0 Å². The van der Waals surface area contributed by atoms with E-state index in [-0.39, 0.29) is 5.54 Å². The maximum Gasteiger partial charge on any atom is 0.318 e. The van der Waals surface area contributed by atoms with E-state index < -0.39 is 0 Å². The second kappa shape index (κ2) is 8.60. The van der Waals surface area contributed by atoms with E-state index in [1.54, 1.807) is 0 Å². The predicted octanol–water partition coefficient (Wildman–Crippen LogP) is 2.10. The van der Waals surface area contributed by atoms with E-state index >= 15 is 0 Å². The topological polar surface area (TPSA) is 65.5 Å². The summed E-state index contributed by atoms with van der Waals surface area (Å²) in [5.74, 6) is 1.15. The Morgan fingerprint density at radius 2 is 1.80 bits per heavy atom. The molecular formula is C23H38N6O. The van der Waals surface area contributed by atoms with Gasteiger partial charge in [0.2, 0.25) is 0 Å². The van der Waals surface area contributed by atoms with Crippen LogP contribution in [0.2, 0.25) is 0 Å². The van der Waals surface area contributed by atoms with Crippen LogP contribution in [0.25, 0.3) is 0 Å². The average Bonchev–Trinajstić information content (AvgIpc) is 3.47. The molecule has 2 atom stereocenters. The first-order valence-corrected chi connectivity index (χ1v) is 12.3. The summed E-state index contributed by atoms with van der Waals surface area (Å²) >= 11 is 0. The number of hydrogen-bond acceptors (Lipinski definition) is 7. The molecular weight excluding hydrogens is 376 g/mol. The van der Waals surface area contributed by atoms with Gasteiger partial charge in [-0.3, -0.25) is 4.90 Å². The van der Waals surface area contributed by atoms with Gasteiger partial charge in [-0.25, -0.2) is 0 Å². The van der Waals surface area contributed by atoms with Crippen molar-refractivity contribution in [1.29, 1.82) is 0 Å². The second-order valence-corrected chi connectivity index (χ2v) is 9.43. The van der Waals surface area contributed by atoms with Gasteiger partial charge in [0.05, 0.1) is 11.2 Å². The van der Waals surface area contributed by atoms with E-state index in [9.17, 15) is 0 Å². The molecule has 7 nitrogen and oxygen atoms in total. The van der Waals surface area contributed by atoms with Gasteiger partial charge in [0.25, 0.3) is 0 Å². The van der Waals surface area contributed by atoms with Crippen molar-refractivity contribution in [2.45, 2.75) is 83.0 Å². The van der Waals surface area contributed by atoms with Crippen molar-refractivity contribution in [3.63, 3.8) is 0 Å². The molecule has 5 aliphatic rings. The molecule has 6 rings (SSSR count). The number of ether oxygens (including phenoxy) is 1. The Balaban J connectivity index is 0.000000937.